The molecule has 1 heterocycles. The Morgan fingerprint density at radius 1 is 1.54 bits per heavy atom. The van der Waals surface area contributed by atoms with Crippen molar-refractivity contribution in [1.82, 2.24) is 0 Å². The zero-order valence-electron chi connectivity index (χ0n) is 8.52. The molecule has 0 aliphatic carbocycles. The number of rotatable bonds is 1. The molecular formula is C11H16O2. The molecule has 0 radical (unpaired) electrons. The van der Waals surface area contributed by atoms with Gasteiger partial charge in [-0.05, 0) is 25.7 Å². The number of hydrogen-bond acceptors (Lipinski definition) is 2. The van der Waals surface area contributed by atoms with Gasteiger partial charge in [-0.2, -0.15) is 0 Å². The lowest BCUT2D eigenvalue weighted by Gasteiger charge is -2.14. The lowest BCUT2D eigenvalue weighted by Crippen LogP contribution is -2.20. The molecule has 2 heteroatoms. The summed E-state index contributed by atoms with van der Waals surface area (Å²) < 4.78 is 5.44. The summed E-state index contributed by atoms with van der Waals surface area (Å²) >= 11 is 0. The Balaban J connectivity index is 2.60. The van der Waals surface area contributed by atoms with Crippen LogP contribution in [0.2, 0.25) is 0 Å². The third-order valence-corrected chi connectivity index (χ3v) is 2.19. The molecule has 0 saturated carbocycles. The van der Waals surface area contributed by atoms with E-state index >= 15 is 0 Å². The van der Waals surface area contributed by atoms with Crippen molar-refractivity contribution < 1.29 is 9.53 Å². The third-order valence-electron chi connectivity index (χ3n) is 2.19. The highest BCUT2D eigenvalue weighted by atomic mass is 16.5. The maximum absolute atomic E-state index is 11.2. The van der Waals surface area contributed by atoms with Gasteiger partial charge < -0.3 is 4.74 Å². The minimum Gasteiger partial charge on any atom is -0.363 e. The number of hydrogen-bond donors (Lipinski definition) is 0. The van der Waals surface area contributed by atoms with Gasteiger partial charge in [0.1, 0.15) is 5.60 Å². The largest absolute Gasteiger partial charge is 0.363 e. The molecule has 0 aromatic heterocycles. The van der Waals surface area contributed by atoms with Crippen molar-refractivity contribution in [3.63, 3.8) is 0 Å². The second kappa shape index (κ2) is 3.93. The molecule has 1 aliphatic heterocycles. The molecule has 0 spiro atoms. The van der Waals surface area contributed by atoms with E-state index in [1.165, 1.54) is 0 Å². The van der Waals surface area contributed by atoms with Crippen LogP contribution in [-0.2, 0) is 9.53 Å². The van der Waals surface area contributed by atoms with Gasteiger partial charge in [0.25, 0.3) is 0 Å². The Bertz CT molecular complexity index is 249. The summed E-state index contributed by atoms with van der Waals surface area (Å²) in [6, 6.07) is 0. The van der Waals surface area contributed by atoms with Crippen LogP contribution in [0, 0.1) is 17.8 Å². The van der Waals surface area contributed by atoms with Gasteiger partial charge in [0.15, 0.2) is 0 Å². The van der Waals surface area contributed by atoms with E-state index in [2.05, 4.69) is 11.8 Å². The van der Waals surface area contributed by atoms with Crippen LogP contribution in [0.1, 0.15) is 33.6 Å². The molecule has 72 valence electrons. The Morgan fingerprint density at radius 3 is 2.69 bits per heavy atom. The molecule has 1 unspecified atom stereocenters. The summed E-state index contributed by atoms with van der Waals surface area (Å²) in [4.78, 5) is 11.2. The molecule has 0 amide bonds. The molecule has 0 N–H and O–H groups in total. The first-order chi connectivity index (χ1) is 6.03. The maximum Gasteiger partial charge on any atom is 0.208 e. The van der Waals surface area contributed by atoms with E-state index in [1.54, 1.807) is 0 Å². The van der Waals surface area contributed by atoms with Crippen molar-refractivity contribution in [2.75, 3.05) is 6.61 Å². The summed E-state index contributed by atoms with van der Waals surface area (Å²) in [5.41, 5.74) is -0.370. The van der Waals surface area contributed by atoms with E-state index in [0.717, 1.165) is 19.4 Å². The van der Waals surface area contributed by atoms with E-state index in [-0.39, 0.29) is 17.3 Å². The predicted molar refractivity (Wildman–Crippen MR) is 51.2 cm³/mol. The molecule has 0 aromatic carbocycles. The van der Waals surface area contributed by atoms with Crippen LogP contribution in [0.4, 0.5) is 0 Å². The first-order valence-electron chi connectivity index (χ1n) is 4.74. The van der Waals surface area contributed by atoms with Crippen LogP contribution in [0.25, 0.3) is 0 Å². The van der Waals surface area contributed by atoms with Gasteiger partial charge >= 0.3 is 0 Å². The summed E-state index contributed by atoms with van der Waals surface area (Å²) in [6.07, 6.45) is 1.98. The minimum atomic E-state index is -0.370. The number of ether oxygens (including phenoxy) is 1. The van der Waals surface area contributed by atoms with Crippen molar-refractivity contribution in [2.24, 2.45) is 5.92 Å². The topological polar surface area (TPSA) is 26.3 Å². The van der Waals surface area contributed by atoms with E-state index in [9.17, 15) is 4.79 Å². The summed E-state index contributed by atoms with van der Waals surface area (Å²) in [6.45, 7) is 6.42. The van der Waals surface area contributed by atoms with Gasteiger partial charge in [0, 0.05) is 12.5 Å². The highest BCUT2D eigenvalue weighted by Crippen LogP contribution is 2.23. The van der Waals surface area contributed by atoms with Crippen molar-refractivity contribution in [2.45, 2.75) is 39.2 Å². The average Bonchev–Trinajstić information content (AvgIpc) is 2.48. The van der Waals surface area contributed by atoms with E-state index in [4.69, 9.17) is 4.74 Å². The highest BCUT2D eigenvalue weighted by molar-refractivity contribution is 5.96. The summed E-state index contributed by atoms with van der Waals surface area (Å²) in [5, 5.41) is 0. The number of carbonyl (C=O) groups excluding carboxylic acids is 1. The highest BCUT2D eigenvalue weighted by Gasteiger charge is 2.27. The molecule has 0 aromatic rings. The predicted octanol–water partition coefficient (Wildman–Crippen LogP) is 1.78. The molecule has 1 atom stereocenters. The fourth-order valence-electron chi connectivity index (χ4n) is 1.22. The summed E-state index contributed by atoms with van der Waals surface area (Å²) in [7, 11) is 0. The van der Waals surface area contributed by atoms with Crippen molar-refractivity contribution in [3.8, 4) is 11.8 Å². The Kier molecular flexibility index (Phi) is 3.11. The quantitative estimate of drug-likeness (QED) is 0.454. The number of ketones is 1. The SMILES string of the molecule is CC(C)C(=O)C#CC1(C)CCCO1. The van der Waals surface area contributed by atoms with Crippen LogP contribution >= 0.6 is 0 Å². The number of Topliss-reactive ketones (excluding diaryl/α,β-unsaturated/α-hetero) is 1. The fraction of sp³-hybridized carbons (Fsp3) is 0.727. The van der Waals surface area contributed by atoms with Gasteiger partial charge in [-0.3, -0.25) is 4.79 Å². The van der Waals surface area contributed by atoms with Crippen molar-refractivity contribution in [3.05, 3.63) is 0 Å². The molecule has 13 heavy (non-hydrogen) atoms. The van der Waals surface area contributed by atoms with Gasteiger partial charge in [0.2, 0.25) is 5.78 Å². The van der Waals surface area contributed by atoms with Crippen molar-refractivity contribution >= 4 is 5.78 Å². The molecule has 1 rings (SSSR count). The van der Waals surface area contributed by atoms with Crippen LogP contribution in [0.3, 0.4) is 0 Å². The smallest absolute Gasteiger partial charge is 0.208 e. The normalized spacial score (nSPS) is 27.1. The Labute approximate surface area is 79.7 Å². The van der Waals surface area contributed by atoms with Gasteiger partial charge in [0.05, 0.1) is 0 Å². The Hall–Kier alpha value is -0.810. The average molecular weight is 180 g/mol. The molecule has 1 fully saturated rings. The molecule has 2 nitrogen and oxygen atoms in total. The van der Waals surface area contributed by atoms with Crippen LogP contribution in [0.15, 0.2) is 0 Å². The molecule has 1 saturated heterocycles. The summed E-state index contributed by atoms with van der Waals surface area (Å²) in [5.74, 6) is 5.56. The second-order valence-corrected chi connectivity index (χ2v) is 3.95. The molecular weight excluding hydrogens is 164 g/mol. The van der Waals surface area contributed by atoms with Crippen LogP contribution < -0.4 is 0 Å². The Morgan fingerprint density at radius 2 is 2.23 bits per heavy atom. The van der Waals surface area contributed by atoms with Crippen LogP contribution in [-0.4, -0.2) is 18.0 Å². The zero-order valence-corrected chi connectivity index (χ0v) is 8.52. The zero-order chi connectivity index (χ0) is 9.90. The monoisotopic (exact) mass is 180 g/mol. The molecule has 1 aliphatic rings. The maximum atomic E-state index is 11.2. The second-order valence-electron chi connectivity index (χ2n) is 3.95. The number of carbonyl (C=O) groups is 1. The lowest BCUT2D eigenvalue weighted by molar-refractivity contribution is -0.116. The van der Waals surface area contributed by atoms with Crippen molar-refractivity contribution in [1.29, 1.82) is 0 Å². The van der Waals surface area contributed by atoms with E-state index in [0.29, 0.717) is 0 Å². The first kappa shape index (κ1) is 10.3. The third kappa shape index (κ3) is 2.86. The minimum absolute atomic E-state index is 0.00231. The first-order valence-corrected chi connectivity index (χ1v) is 4.74. The standard InChI is InChI=1S/C11H16O2/c1-9(2)10(12)5-7-11(3)6-4-8-13-11/h9H,4,6,8H2,1-3H3. The van der Waals surface area contributed by atoms with Gasteiger partial charge in [-0.15, -0.1) is 0 Å². The van der Waals surface area contributed by atoms with E-state index in [1.807, 2.05) is 20.8 Å². The fourth-order valence-corrected chi connectivity index (χ4v) is 1.22. The van der Waals surface area contributed by atoms with Crippen LogP contribution in [0.5, 0.6) is 0 Å². The van der Waals surface area contributed by atoms with Gasteiger partial charge in [-0.25, -0.2) is 0 Å². The van der Waals surface area contributed by atoms with Gasteiger partial charge in [-0.1, -0.05) is 19.8 Å². The molecule has 0 bridgehead atoms. The van der Waals surface area contributed by atoms with E-state index < -0.39 is 0 Å². The lowest BCUT2D eigenvalue weighted by atomic mass is 10.0.